The summed E-state index contributed by atoms with van der Waals surface area (Å²) in [5, 5.41) is 0. The number of benzene rings is 2. The smallest absolute Gasteiger partial charge is 0.130 e. The predicted molar refractivity (Wildman–Crippen MR) is 98.5 cm³/mol. The third-order valence-corrected chi connectivity index (χ3v) is 5.09. The molecule has 24 heavy (non-hydrogen) atoms. The minimum Gasteiger partial charge on any atom is -0.496 e. The molecule has 0 saturated carbocycles. The molecular weight excluding hydrogens is 299 g/mol. The van der Waals surface area contributed by atoms with E-state index in [0.29, 0.717) is 5.75 Å². The SMILES string of the molecule is CCc1cc2c(cc1-c1cc(C(C)(C)C)c(F)cc1OC)CCC2. The average Bonchev–Trinajstić information content (AvgIpc) is 2.99. The quantitative estimate of drug-likeness (QED) is 0.687. The van der Waals surface area contributed by atoms with Crippen LogP contribution >= 0.6 is 0 Å². The third kappa shape index (κ3) is 2.94. The first-order chi connectivity index (χ1) is 11.3. The van der Waals surface area contributed by atoms with E-state index in [1.165, 1.54) is 35.1 Å². The molecule has 0 atom stereocenters. The zero-order valence-electron chi connectivity index (χ0n) is 15.4. The molecule has 0 saturated heterocycles. The summed E-state index contributed by atoms with van der Waals surface area (Å²) in [4.78, 5) is 0. The lowest BCUT2D eigenvalue weighted by Gasteiger charge is -2.23. The van der Waals surface area contributed by atoms with E-state index in [0.717, 1.165) is 24.0 Å². The Labute approximate surface area is 144 Å². The van der Waals surface area contributed by atoms with Crippen molar-refractivity contribution in [1.29, 1.82) is 0 Å². The zero-order valence-corrected chi connectivity index (χ0v) is 15.4. The van der Waals surface area contributed by atoms with Crippen LogP contribution in [0.25, 0.3) is 11.1 Å². The Bertz CT molecular complexity index is 769. The first kappa shape index (κ1) is 17.0. The van der Waals surface area contributed by atoms with Crippen molar-refractivity contribution in [3.05, 3.63) is 52.3 Å². The molecule has 1 aliphatic carbocycles. The van der Waals surface area contributed by atoms with Gasteiger partial charge in [0.1, 0.15) is 11.6 Å². The Morgan fingerprint density at radius 1 is 1.00 bits per heavy atom. The van der Waals surface area contributed by atoms with Crippen molar-refractivity contribution in [3.8, 4) is 16.9 Å². The van der Waals surface area contributed by atoms with Crippen LogP contribution in [0.1, 0.15) is 56.4 Å². The molecule has 0 radical (unpaired) electrons. The van der Waals surface area contributed by atoms with Gasteiger partial charge in [0, 0.05) is 11.6 Å². The van der Waals surface area contributed by atoms with E-state index in [-0.39, 0.29) is 11.2 Å². The molecule has 0 aromatic heterocycles. The summed E-state index contributed by atoms with van der Waals surface area (Å²) in [7, 11) is 1.62. The monoisotopic (exact) mass is 326 g/mol. The molecule has 0 heterocycles. The Hall–Kier alpha value is -1.83. The number of halogens is 1. The topological polar surface area (TPSA) is 9.23 Å². The van der Waals surface area contributed by atoms with Crippen LogP contribution in [0.2, 0.25) is 0 Å². The van der Waals surface area contributed by atoms with E-state index >= 15 is 0 Å². The van der Waals surface area contributed by atoms with Crippen LogP contribution in [-0.4, -0.2) is 7.11 Å². The molecule has 2 aromatic rings. The second-order valence-corrected chi connectivity index (χ2v) is 7.77. The summed E-state index contributed by atoms with van der Waals surface area (Å²) in [5.74, 6) is 0.426. The molecule has 2 heteroatoms. The van der Waals surface area contributed by atoms with Crippen molar-refractivity contribution in [2.24, 2.45) is 0 Å². The molecule has 0 N–H and O–H groups in total. The van der Waals surface area contributed by atoms with Crippen LogP contribution in [-0.2, 0) is 24.7 Å². The minimum absolute atomic E-state index is 0.192. The summed E-state index contributed by atoms with van der Waals surface area (Å²) in [6.07, 6.45) is 4.52. The van der Waals surface area contributed by atoms with Gasteiger partial charge in [-0.25, -0.2) is 4.39 Å². The molecule has 1 aliphatic rings. The Balaban J connectivity index is 2.25. The predicted octanol–water partition coefficient (Wildman–Crippen LogP) is 5.85. The number of aryl methyl sites for hydroxylation is 3. The maximum absolute atomic E-state index is 14.6. The van der Waals surface area contributed by atoms with Gasteiger partial charge in [-0.05, 0) is 65.0 Å². The van der Waals surface area contributed by atoms with Crippen LogP contribution in [0.3, 0.4) is 0 Å². The lowest BCUT2D eigenvalue weighted by molar-refractivity contribution is 0.410. The van der Waals surface area contributed by atoms with Gasteiger partial charge in [0.25, 0.3) is 0 Å². The summed E-state index contributed by atoms with van der Waals surface area (Å²) in [6, 6.07) is 8.19. The minimum atomic E-state index is -0.242. The highest BCUT2D eigenvalue weighted by Crippen LogP contribution is 2.40. The Morgan fingerprint density at radius 3 is 2.25 bits per heavy atom. The second kappa shape index (κ2) is 6.23. The second-order valence-electron chi connectivity index (χ2n) is 7.77. The van der Waals surface area contributed by atoms with E-state index in [9.17, 15) is 4.39 Å². The lowest BCUT2D eigenvalue weighted by Crippen LogP contribution is -2.14. The van der Waals surface area contributed by atoms with Gasteiger partial charge in [-0.2, -0.15) is 0 Å². The largest absolute Gasteiger partial charge is 0.496 e. The highest BCUT2D eigenvalue weighted by Gasteiger charge is 2.23. The van der Waals surface area contributed by atoms with E-state index in [2.05, 4.69) is 19.1 Å². The van der Waals surface area contributed by atoms with Crippen molar-refractivity contribution in [2.75, 3.05) is 7.11 Å². The fraction of sp³-hybridized carbons (Fsp3) is 0.455. The van der Waals surface area contributed by atoms with Crippen LogP contribution < -0.4 is 4.74 Å². The van der Waals surface area contributed by atoms with Gasteiger partial charge >= 0.3 is 0 Å². The summed E-state index contributed by atoms with van der Waals surface area (Å²) in [6.45, 7) is 8.32. The van der Waals surface area contributed by atoms with Crippen LogP contribution in [0, 0.1) is 5.82 Å². The summed E-state index contributed by atoms with van der Waals surface area (Å²) >= 11 is 0. The average molecular weight is 326 g/mol. The normalized spacial score (nSPS) is 13.9. The zero-order chi connectivity index (χ0) is 17.5. The highest BCUT2D eigenvalue weighted by molar-refractivity contribution is 5.76. The van der Waals surface area contributed by atoms with Gasteiger partial charge in [-0.3, -0.25) is 0 Å². The summed E-state index contributed by atoms with van der Waals surface area (Å²) in [5.41, 5.74) is 6.93. The van der Waals surface area contributed by atoms with E-state index in [1.807, 2.05) is 26.8 Å². The maximum Gasteiger partial charge on any atom is 0.130 e. The van der Waals surface area contributed by atoms with E-state index < -0.39 is 0 Å². The van der Waals surface area contributed by atoms with Gasteiger partial charge in [-0.1, -0.05) is 39.8 Å². The van der Waals surface area contributed by atoms with Gasteiger partial charge in [0.05, 0.1) is 7.11 Å². The molecule has 128 valence electrons. The van der Waals surface area contributed by atoms with Crippen molar-refractivity contribution in [3.63, 3.8) is 0 Å². The fourth-order valence-electron chi connectivity index (χ4n) is 3.73. The molecule has 0 amide bonds. The molecular formula is C22H27FO. The lowest BCUT2D eigenvalue weighted by atomic mass is 9.83. The Kier molecular flexibility index (Phi) is 4.42. The van der Waals surface area contributed by atoms with E-state index in [4.69, 9.17) is 4.74 Å². The molecule has 0 bridgehead atoms. The third-order valence-electron chi connectivity index (χ3n) is 5.09. The van der Waals surface area contributed by atoms with Crippen molar-refractivity contribution in [1.82, 2.24) is 0 Å². The first-order valence-electron chi connectivity index (χ1n) is 8.88. The van der Waals surface area contributed by atoms with Crippen molar-refractivity contribution < 1.29 is 9.13 Å². The number of fused-ring (bicyclic) bond motifs is 1. The number of methoxy groups -OCH3 is 1. The fourth-order valence-corrected chi connectivity index (χ4v) is 3.73. The Morgan fingerprint density at radius 2 is 1.67 bits per heavy atom. The summed E-state index contributed by atoms with van der Waals surface area (Å²) < 4.78 is 20.1. The number of hydrogen-bond donors (Lipinski definition) is 0. The molecule has 0 aliphatic heterocycles. The van der Waals surface area contributed by atoms with Gasteiger partial charge in [0.2, 0.25) is 0 Å². The van der Waals surface area contributed by atoms with Crippen LogP contribution in [0.5, 0.6) is 5.75 Å². The number of rotatable bonds is 3. The van der Waals surface area contributed by atoms with Gasteiger partial charge in [-0.15, -0.1) is 0 Å². The molecule has 0 unspecified atom stereocenters. The van der Waals surface area contributed by atoms with Crippen LogP contribution in [0.15, 0.2) is 24.3 Å². The maximum atomic E-state index is 14.6. The highest BCUT2D eigenvalue weighted by atomic mass is 19.1. The molecule has 2 aromatic carbocycles. The molecule has 1 nitrogen and oxygen atoms in total. The van der Waals surface area contributed by atoms with Crippen LogP contribution in [0.4, 0.5) is 4.39 Å². The molecule has 0 fully saturated rings. The first-order valence-corrected chi connectivity index (χ1v) is 8.88. The standard InChI is InChI=1S/C22H27FO/c1-6-14-10-15-8-7-9-16(15)11-17(14)18-12-19(22(2,3)4)20(23)13-21(18)24-5/h10-13H,6-9H2,1-5H3. The van der Waals surface area contributed by atoms with Crippen molar-refractivity contribution in [2.45, 2.75) is 58.8 Å². The van der Waals surface area contributed by atoms with E-state index in [1.54, 1.807) is 13.2 Å². The van der Waals surface area contributed by atoms with Crippen molar-refractivity contribution >= 4 is 0 Å². The number of hydrogen-bond acceptors (Lipinski definition) is 1. The number of ether oxygens (including phenoxy) is 1. The molecule has 3 rings (SSSR count). The molecule has 0 spiro atoms. The van der Waals surface area contributed by atoms with Gasteiger partial charge < -0.3 is 4.74 Å². The van der Waals surface area contributed by atoms with Gasteiger partial charge in [0.15, 0.2) is 0 Å².